The van der Waals surface area contributed by atoms with E-state index >= 15 is 0 Å². The first-order chi connectivity index (χ1) is 13.0. The first-order valence-corrected chi connectivity index (χ1v) is 8.83. The van der Waals surface area contributed by atoms with Crippen LogP contribution in [-0.4, -0.2) is 43.7 Å². The fourth-order valence-electron chi connectivity index (χ4n) is 3.01. The fourth-order valence-corrected chi connectivity index (χ4v) is 3.25. The second-order valence-corrected chi connectivity index (χ2v) is 6.58. The smallest absolute Gasteiger partial charge is 0.252 e. The summed E-state index contributed by atoms with van der Waals surface area (Å²) >= 11 is 5.86. The molecule has 8 heteroatoms. The summed E-state index contributed by atoms with van der Waals surface area (Å²) in [4.78, 5) is 14.5. The molecule has 0 aliphatic carbocycles. The molecule has 1 unspecified atom stereocenters. The number of halogens is 4. The van der Waals surface area contributed by atoms with Gasteiger partial charge >= 0.3 is 0 Å². The van der Waals surface area contributed by atoms with E-state index in [1.54, 1.807) is 12.1 Å². The summed E-state index contributed by atoms with van der Waals surface area (Å²) in [7, 11) is 0. The highest BCUT2D eigenvalue weighted by molar-refractivity contribution is 6.33. The van der Waals surface area contributed by atoms with Crippen LogP contribution in [-0.2, 0) is 4.74 Å². The molecule has 1 atom stereocenters. The van der Waals surface area contributed by atoms with Gasteiger partial charge < -0.3 is 10.1 Å². The molecule has 1 amide bonds. The van der Waals surface area contributed by atoms with Crippen LogP contribution in [0.5, 0.6) is 0 Å². The van der Waals surface area contributed by atoms with E-state index < -0.39 is 17.5 Å². The van der Waals surface area contributed by atoms with Crippen molar-refractivity contribution in [2.75, 3.05) is 32.8 Å². The number of amides is 1. The molecule has 1 saturated heterocycles. The Hall–Kier alpha value is -2.09. The molecule has 144 valence electrons. The molecule has 3 rings (SSSR count). The van der Waals surface area contributed by atoms with E-state index in [2.05, 4.69) is 10.2 Å². The van der Waals surface area contributed by atoms with Crippen molar-refractivity contribution in [1.82, 2.24) is 10.2 Å². The third kappa shape index (κ3) is 4.80. The number of ether oxygens (including phenoxy) is 1. The van der Waals surface area contributed by atoms with Crippen LogP contribution in [0.25, 0.3) is 0 Å². The summed E-state index contributed by atoms with van der Waals surface area (Å²) in [6.45, 7) is 2.62. The molecule has 2 aromatic carbocycles. The molecule has 1 fully saturated rings. The van der Waals surface area contributed by atoms with Crippen molar-refractivity contribution in [2.45, 2.75) is 6.04 Å². The van der Waals surface area contributed by atoms with Crippen LogP contribution in [0.2, 0.25) is 5.02 Å². The summed E-state index contributed by atoms with van der Waals surface area (Å²) in [5.74, 6) is -3.22. The monoisotopic (exact) mass is 398 g/mol. The average molecular weight is 399 g/mol. The van der Waals surface area contributed by atoms with Crippen LogP contribution >= 0.6 is 11.6 Å². The van der Waals surface area contributed by atoms with Crippen LogP contribution in [0, 0.1) is 17.5 Å². The van der Waals surface area contributed by atoms with Gasteiger partial charge in [0, 0.05) is 19.6 Å². The van der Waals surface area contributed by atoms with Gasteiger partial charge in [0.25, 0.3) is 5.91 Å². The summed E-state index contributed by atoms with van der Waals surface area (Å²) in [5.41, 5.74) is 0.686. The first kappa shape index (κ1) is 19.7. The molecule has 4 nitrogen and oxygen atoms in total. The van der Waals surface area contributed by atoms with E-state index in [1.807, 2.05) is 0 Å². The Labute approximate surface area is 159 Å². The highest BCUT2D eigenvalue weighted by Gasteiger charge is 2.24. The van der Waals surface area contributed by atoms with Gasteiger partial charge in [-0.05, 0) is 29.8 Å². The minimum Gasteiger partial charge on any atom is -0.379 e. The number of carbonyl (C=O) groups excluding carboxylic acids is 1. The topological polar surface area (TPSA) is 41.6 Å². The highest BCUT2D eigenvalue weighted by Crippen LogP contribution is 2.23. The van der Waals surface area contributed by atoms with Crippen LogP contribution in [0.3, 0.4) is 0 Å². The number of carbonyl (C=O) groups is 1. The van der Waals surface area contributed by atoms with Crippen molar-refractivity contribution in [3.8, 4) is 0 Å². The number of nitrogens with one attached hydrogen (secondary N) is 1. The van der Waals surface area contributed by atoms with E-state index in [4.69, 9.17) is 16.3 Å². The van der Waals surface area contributed by atoms with Crippen molar-refractivity contribution in [1.29, 1.82) is 0 Å². The summed E-state index contributed by atoms with van der Waals surface area (Å²) < 4.78 is 45.2. The number of nitrogens with zero attached hydrogens (tertiary/aromatic N) is 1. The zero-order valence-corrected chi connectivity index (χ0v) is 15.1. The highest BCUT2D eigenvalue weighted by atomic mass is 35.5. The summed E-state index contributed by atoms with van der Waals surface area (Å²) in [5, 5.41) is 2.54. The standard InChI is InChI=1S/C19H18ClF3N2O2/c20-15-10-17(23)16(22)9-14(15)19(26)24-11-18(25-5-7-27-8-6-25)12-1-3-13(21)4-2-12/h1-4,9-10,18H,5-8,11H2,(H,24,26). The largest absolute Gasteiger partial charge is 0.379 e. The molecule has 2 aromatic rings. The van der Waals surface area contributed by atoms with Crippen molar-refractivity contribution in [2.24, 2.45) is 0 Å². The van der Waals surface area contributed by atoms with Crippen LogP contribution < -0.4 is 5.32 Å². The van der Waals surface area contributed by atoms with Gasteiger partial charge in [-0.15, -0.1) is 0 Å². The molecular weight excluding hydrogens is 381 g/mol. The second-order valence-electron chi connectivity index (χ2n) is 6.17. The van der Waals surface area contributed by atoms with E-state index in [0.29, 0.717) is 26.3 Å². The van der Waals surface area contributed by atoms with Crippen LogP contribution in [0.4, 0.5) is 13.2 Å². The summed E-state index contributed by atoms with van der Waals surface area (Å²) in [6, 6.07) is 7.36. The number of benzene rings is 2. The average Bonchev–Trinajstić information content (AvgIpc) is 2.67. The Kier molecular flexibility index (Phi) is 6.36. The lowest BCUT2D eigenvalue weighted by Crippen LogP contribution is -2.43. The zero-order valence-electron chi connectivity index (χ0n) is 14.4. The Bertz CT molecular complexity index is 811. The third-order valence-electron chi connectivity index (χ3n) is 4.45. The lowest BCUT2D eigenvalue weighted by molar-refractivity contribution is 0.0162. The molecule has 1 aliphatic heterocycles. The Morgan fingerprint density at radius 3 is 2.41 bits per heavy atom. The van der Waals surface area contributed by atoms with Gasteiger partial charge in [-0.3, -0.25) is 9.69 Å². The number of rotatable bonds is 5. The number of morpholine rings is 1. The van der Waals surface area contributed by atoms with Gasteiger partial charge in [-0.1, -0.05) is 23.7 Å². The number of hydrogen-bond donors (Lipinski definition) is 1. The minimum atomic E-state index is -1.15. The third-order valence-corrected chi connectivity index (χ3v) is 4.76. The van der Waals surface area contributed by atoms with Gasteiger partial charge in [-0.2, -0.15) is 0 Å². The van der Waals surface area contributed by atoms with Gasteiger partial charge in [0.2, 0.25) is 0 Å². The second kappa shape index (κ2) is 8.73. The Morgan fingerprint density at radius 1 is 1.11 bits per heavy atom. The van der Waals surface area contributed by atoms with Crippen molar-refractivity contribution >= 4 is 17.5 Å². The molecule has 1 N–H and O–H groups in total. The van der Waals surface area contributed by atoms with Gasteiger partial charge in [0.1, 0.15) is 5.82 Å². The van der Waals surface area contributed by atoms with E-state index in [0.717, 1.165) is 17.7 Å². The predicted molar refractivity (Wildman–Crippen MR) is 95.2 cm³/mol. The molecule has 27 heavy (non-hydrogen) atoms. The van der Waals surface area contributed by atoms with Gasteiger partial charge in [0.15, 0.2) is 11.6 Å². The Morgan fingerprint density at radius 2 is 1.74 bits per heavy atom. The van der Waals surface area contributed by atoms with E-state index in [-0.39, 0.29) is 29.0 Å². The molecule has 0 aromatic heterocycles. The maximum absolute atomic E-state index is 13.4. The van der Waals surface area contributed by atoms with Crippen LogP contribution in [0.1, 0.15) is 22.0 Å². The van der Waals surface area contributed by atoms with Crippen LogP contribution in [0.15, 0.2) is 36.4 Å². The molecular formula is C19H18ClF3N2O2. The molecule has 0 spiro atoms. The molecule has 0 radical (unpaired) electrons. The van der Waals surface area contributed by atoms with Crippen molar-refractivity contribution < 1.29 is 22.7 Å². The van der Waals surface area contributed by atoms with Gasteiger partial charge in [-0.25, -0.2) is 13.2 Å². The number of hydrogen-bond acceptors (Lipinski definition) is 3. The molecule has 0 bridgehead atoms. The summed E-state index contributed by atoms with van der Waals surface area (Å²) in [6.07, 6.45) is 0. The van der Waals surface area contributed by atoms with E-state index in [1.165, 1.54) is 12.1 Å². The molecule has 0 saturated carbocycles. The lowest BCUT2D eigenvalue weighted by Gasteiger charge is -2.35. The molecule has 1 heterocycles. The maximum atomic E-state index is 13.4. The lowest BCUT2D eigenvalue weighted by atomic mass is 10.0. The predicted octanol–water partition coefficient (Wildman–Crippen LogP) is 3.56. The van der Waals surface area contributed by atoms with Crippen molar-refractivity contribution in [3.63, 3.8) is 0 Å². The SMILES string of the molecule is O=C(NCC(c1ccc(F)cc1)N1CCOCC1)c1cc(F)c(F)cc1Cl. The van der Waals surface area contributed by atoms with Crippen molar-refractivity contribution in [3.05, 3.63) is 70.0 Å². The fraction of sp³-hybridized carbons (Fsp3) is 0.316. The van der Waals surface area contributed by atoms with Gasteiger partial charge in [0.05, 0.1) is 29.8 Å². The normalized spacial score (nSPS) is 16.1. The molecule has 1 aliphatic rings. The Balaban J connectivity index is 1.77. The first-order valence-electron chi connectivity index (χ1n) is 8.45. The minimum absolute atomic E-state index is 0.143. The maximum Gasteiger partial charge on any atom is 0.252 e. The quantitative estimate of drug-likeness (QED) is 0.783. The van der Waals surface area contributed by atoms with E-state index in [9.17, 15) is 18.0 Å². The zero-order chi connectivity index (χ0) is 19.4.